The molecule has 2 aromatic rings. The van der Waals surface area contributed by atoms with E-state index >= 15 is 0 Å². The molecule has 22 heavy (non-hydrogen) atoms. The number of para-hydroxylation sites is 1. The molecule has 0 aliphatic carbocycles. The third kappa shape index (κ3) is 3.36. The highest BCUT2D eigenvalue weighted by molar-refractivity contribution is 7.10. The predicted octanol–water partition coefficient (Wildman–Crippen LogP) is 2.92. The number of nitrogens with one attached hydrogen (secondary N) is 1. The number of likely N-dealkylation sites (tertiary alicyclic amines) is 1. The predicted molar refractivity (Wildman–Crippen MR) is 87.8 cm³/mol. The lowest BCUT2D eigenvalue weighted by Crippen LogP contribution is -2.43. The third-order valence-electron chi connectivity index (χ3n) is 3.82. The Kier molecular flexibility index (Phi) is 4.53. The van der Waals surface area contributed by atoms with Gasteiger partial charge in [-0.15, -0.1) is 11.3 Å². The fourth-order valence-electron chi connectivity index (χ4n) is 2.75. The van der Waals surface area contributed by atoms with E-state index < -0.39 is 0 Å². The van der Waals surface area contributed by atoms with Crippen LogP contribution in [0.15, 0.2) is 47.8 Å². The molecule has 0 bridgehead atoms. The van der Waals surface area contributed by atoms with E-state index in [9.17, 15) is 9.59 Å². The Morgan fingerprint density at radius 1 is 1.18 bits per heavy atom. The van der Waals surface area contributed by atoms with Crippen LogP contribution in [0.25, 0.3) is 0 Å². The number of benzene rings is 1. The maximum absolute atomic E-state index is 12.4. The number of rotatable bonds is 4. The molecule has 1 aromatic heterocycles. The summed E-state index contributed by atoms with van der Waals surface area (Å²) in [6, 6.07) is 12.9. The van der Waals surface area contributed by atoms with Crippen molar-refractivity contribution < 1.29 is 9.59 Å². The molecule has 1 aliphatic rings. The van der Waals surface area contributed by atoms with E-state index in [0.29, 0.717) is 13.0 Å². The zero-order valence-electron chi connectivity index (χ0n) is 12.2. The molecule has 2 heterocycles. The first-order valence-electron chi connectivity index (χ1n) is 7.42. The van der Waals surface area contributed by atoms with Crippen molar-refractivity contribution in [3.63, 3.8) is 0 Å². The molecular formula is C17H18N2O2S. The van der Waals surface area contributed by atoms with Crippen LogP contribution in [0.2, 0.25) is 0 Å². The fourth-order valence-corrected chi connectivity index (χ4v) is 3.44. The van der Waals surface area contributed by atoms with Crippen LogP contribution in [0, 0.1) is 0 Å². The van der Waals surface area contributed by atoms with Gasteiger partial charge in [0, 0.05) is 17.1 Å². The van der Waals surface area contributed by atoms with Crippen molar-refractivity contribution in [1.29, 1.82) is 0 Å². The second-order valence-corrected chi connectivity index (χ2v) is 6.39. The van der Waals surface area contributed by atoms with Gasteiger partial charge in [-0.1, -0.05) is 24.3 Å². The number of thiophene rings is 1. The Hall–Kier alpha value is -2.14. The number of carbonyl (C=O) groups excluding carboxylic acids is 2. The molecule has 1 unspecified atom stereocenters. The van der Waals surface area contributed by atoms with Crippen LogP contribution in [0.5, 0.6) is 0 Å². The van der Waals surface area contributed by atoms with Crippen LogP contribution >= 0.6 is 11.3 Å². The number of nitrogens with zero attached hydrogens (tertiary/aromatic N) is 1. The van der Waals surface area contributed by atoms with E-state index in [1.807, 2.05) is 47.8 Å². The van der Waals surface area contributed by atoms with Crippen LogP contribution in [-0.4, -0.2) is 29.3 Å². The number of hydrogen-bond donors (Lipinski definition) is 1. The minimum absolute atomic E-state index is 0.0353. The summed E-state index contributed by atoms with van der Waals surface area (Å²) in [5.74, 6) is -0.0589. The zero-order valence-corrected chi connectivity index (χ0v) is 13.0. The lowest BCUT2D eigenvalue weighted by molar-refractivity contribution is -0.136. The molecule has 1 atom stereocenters. The van der Waals surface area contributed by atoms with Gasteiger partial charge in [-0.25, -0.2) is 0 Å². The van der Waals surface area contributed by atoms with Crippen molar-refractivity contribution in [1.82, 2.24) is 4.90 Å². The SMILES string of the molecule is O=C(Nc1ccccc1)C1CCCN1C(=O)Cc1cccs1. The molecule has 3 rings (SSSR count). The molecule has 1 fully saturated rings. The third-order valence-corrected chi connectivity index (χ3v) is 4.70. The lowest BCUT2D eigenvalue weighted by Gasteiger charge is -2.23. The summed E-state index contributed by atoms with van der Waals surface area (Å²) in [7, 11) is 0. The van der Waals surface area contributed by atoms with E-state index in [2.05, 4.69) is 5.32 Å². The Labute approximate surface area is 133 Å². The van der Waals surface area contributed by atoms with Crippen molar-refractivity contribution in [3.8, 4) is 0 Å². The quantitative estimate of drug-likeness (QED) is 0.943. The molecule has 2 amide bonds. The van der Waals surface area contributed by atoms with E-state index in [1.54, 1.807) is 16.2 Å². The summed E-state index contributed by atoms with van der Waals surface area (Å²) in [4.78, 5) is 27.6. The van der Waals surface area contributed by atoms with Crippen LogP contribution in [0.1, 0.15) is 17.7 Å². The van der Waals surface area contributed by atoms with Gasteiger partial charge in [-0.2, -0.15) is 0 Å². The van der Waals surface area contributed by atoms with Gasteiger partial charge < -0.3 is 10.2 Å². The summed E-state index contributed by atoms with van der Waals surface area (Å²) >= 11 is 1.57. The number of amides is 2. The van der Waals surface area contributed by atoms with Crippen molar-refractivity contribution in [2.24, 2.45) is 0 Å². The minimum Gasteiger partial charge on any atom is -0.330 e. The maximum atomic E-state index is 12.4. The maximum Gasteiger partial charge on any atom is 0.247 e. The van der Waals surface area contributed by atoms with Crippen molar-refractivity contribution in [3.05, 3.63) is 52.7 Å². The van der Waals surface area contributed by atoms with Crippen molar-refractivity contribution in [2.45, 2.75) is 25.3 Å². The average Bonchev–Trinajstić information content (AvgIpc) is 3.19. The first kappa shape index (κ1) is 14.8. The van der Waals surface area contributed by atoms with Gasteiger partial charge in [0.25, 0.3) is 0 Å². The highest BCUT2D eigenvalue weighted by Gasteiger charge is 2.33. The Morgan fingerprint density at radius 3 is 2.73 bits per heavy atom. The molecule has 4 nitrogen and oxygen atoms in total. The van der Waals surface area contributed by atoms with Crippen LogP contribution in [-0.2, 0) is 16.0 Å². The molecule has 114 valence electrons. The molecule has 0 spiro atoms. The van der Waals surface area contributed by atoms with Gasteiger partial charge in [-0.05, 0) is 36.4 Å². The molecular weight excluding hydrogens is 296 g/mol. The lowest BCUT2D eigenvalue weighted by atomic mass is 10.2. The van der Waals surface area contributed by atoms with E-state index in [1.165, 1.54) is 0 Å². The highest BCUT2D eigenvalue weighted by Crippen LogP contribution is 2.21. The van der Waals surface area contributed by atoms with Gasteiger partial charge in [0.2, 0.25) is 11.8 Å². The summed E-state index contributed by atoms with van der Waals surface area (Å²) < 4.78 is 0. The first-order valence-corrected chi connectivity index (χ1v) is 8.30. The van der Waals surface area contributed by atoms with Crippen LogP contribution < -0.4 is 5.32 Å². The van der Waals surface area contributed by atoms with Crippen LogP contribution in [0.3, 0.4) is 0 Å². The van der Waals surface area contributed by atoms with Gasteiger partial charge >= 0.3 is 0 Å². The summed E-state index contributed by atoms with van der Waals surface area (Å²) in [6.45, 7) is 0.664. The molecule has 1 aromatic carbocycles. The Balaban J connectivity index is 1.64. The van der Waals surface area contributed by atoms with Gasteiger partial charge in [0.1, 0.15) is 6.04 Å². The van der Waals surface area contributed by atoms with E-state index in [4.69, 9.17) is 0 Å². The zero-order chi connectivity index (χ0) is 15.4. The largest absolute Gasteiger partial charge is 0.330 e. The van der Waals surface area contributed by atoms with Gasteiger partial charge in [0.05, 0.1) is 6.42 Å². The smallest absolute Gasteiger partial charge is 0.247 e. The second kappa shape index (κ2) is 6.75. The van der Waals surface area contributed by atoms with E-state index in [-0.39, 0.29) is 17.9 Å². The fraction of sp³-hybridized carbons (Fsp3) is 0.294. The highest BCUT2D eigenvalue weighted by atomic mass is 32.1. The number of hydrogen-bond acceptors (Lipinski definition) is 3. The molecule has 0 saturated carbocycles. The van der Waals surface area contributed by atoms with Gasteiger partial charge in [-0.3, -0.25) is 9.59 Å². The summed E-state index contributed by atoms with van der Waals surface area (Å²) in [5, 5.41) is 4.86. The molecule has 0 radical (unpaired) electrons. The average molecular weight is 314 g/mol. The first-order chi connectivity index (χ1) is 10.7. The van der Waals surface area contributed by atoms with Crippen molar-refractivity contribution in [2.75, 3.05) is 11.9 Å². The molecule has 1 aliphatic heterocycles. The number of carbonyl (C=O) groups is 2. The van der Waals surface area contributed by atoms with Gasteiger partial charge in [0.15, 0.2) is 0 Å². The summed E-state index contributed by atoms with van der Waals surface area (Å²) in [6.07, 6.45) is 1.99. The standard InChI is InChI=1S/C17H18N2O2S/c20-16(12-14-8-5-11-22-14)19-10-4-9-15(19)17(21)18-13-6-2-1-3-7-13/h1-3,5-8,11,15H,4,9-10,12H2,(H,18,21). The second-order valence-electron chi connectivity index (χ2n) is 5.36. The number of anilines is 1. The Morgan fingerprint density at radius 2 is 2.00 bits per heavy atom. The molecule has 1 N–H and O–H groups in total. The molecule has 1 saturated heterocycles. The Bertz CT molecular complexity index is 640. The summed E-state index contributed by atoms with van der Waals surface area (Å²) in [5.41, 5.74) is 0.769. The van der Waals surface area contributed by atoms with Crippen LogP contribution in [0.4, 0.5) is 5.69 Å². The van der Waals surface area contributed by atoms with Crippen molar-refractivity contribution >= 4 is 28.8 Å². The monoisotopic (exact) mass is 314 g/mol. The normalized spacial score (nSPS) is 17.5. The minimum atomic E-state index is -0.354. The molecule has 5 heteroatoms. The van der Waals surface area contributed by atoms with E-state index in [0.717, 1.165) is 23.4 Å². The topological polar surface area (TPSA) is 49.4 Å².